The van der Waals surface area contributed by atoms with E-state index in [9.17, 15) is 9.59 Å². The second-order valence-electron chi connectivity index (χ2n) is 10.7. The molecule has 4 aliphatic carbocycles. The van der Waals surface area contributed by atoms with Gasteiger partial charge in [-0.3, -0.25) is 14.7 Å². The lowest BCUT2D eigenvalue weighted by atomic mass is 9.49. The van der Waals surface area contributed by atoms with Crippen molar-refractivity contribution in [1.29, 1.82) is 0 Å². The lowest BCUT2D eigenvalue weighted by Crippen LogP contribution is -2.55. The number of aromatic nitrogens is 2. The van der Waals surface area contributed by atoms with Gasteiger partial charge in [-0.05, 0) is 87.3 Å². The number of hydrogen-bond acceptors (Lipinski definition) is 4. The fourth-order valence-corrected chi connectivity index (χ4v) is 7.43. The van der Waals surface area contributed by atoms with Gasteiger partial charge in [0.05, 0.1) is 18.2 Å². The summed E-state index contributed by atoms with van der Waals surface area (Å²) in [6.45, 7) is 1.97. The molecule has 3 heterocycles. The predicted molar refractivity (Wildman–Crippen MR) is 118 cm³/mol. The van der Waals surface area contributed by atoms with E-state index in [-0.39, 0.29) is 11.3 Å². The maximum atomic E-state index is 13.6. The zero-order valence-corrected chi connectivity index (χ0v) is 18.5. The van der Waals surface area contributed by atoms with Crippen molar-refractivity contribution in [3.05, 3.63) is 41.6 Å². The highest BCUT2D eigenvalue weighted by atomic mass is 16.3. The van der Waals surface area contributed by atoms with E-state index in [1.165, 1.54) is 19.3 Å². The Morgan fingerprint density at radius 2 is 1.81 bits per heavy atom. The SMILES string of the molecule is O=C(NCc1ccco1)c1cc(C2CCN(C(=O)C34CC5CC(CC(C5)C3)C4)CC2)[nH]n1. The molecule has 2 amide bonds. The zero-order valence-electron chi connectivity index (χ0n) is 18.5. The smallest absolute Gasteiger partial charge is 0.272 e. The number of H-pyrrole nitrogens is 1. The van der Waals surface area contributed by atoms with Crippen LogP contribution in [0, 0.1) is 23.2 Å². The summed E-state index contributed by atoms with van der Waals surface area (Å²) in [7, 11) is 0. The van der Waals surface area contributed by atoms with Crippen LogP contribution in [0.25, 0.3) is 0 Å². The first-order valence-electron chi connectivity index (χ1n) is 12.2. The van der Waals surface area contributed by atoms with Gasteiger partial charge in [-0.1, -0.05) is 0 Å². The molecule has 0 radical (unpaired) electrons. The van der Waals surface area contributed by atoms with E-state index in [1.54, 1.807) is 12.3 Å². The highest BCUT2D eigenvalue weighted by Crippen LogP contribution is 2.60. The van der Waals surface area contributed by atoms with Gasteiger partial charge in [-0.15, -0.1) is 0 Å². The molecule has 4 saturated carbocycles. The monoisotopic (exact) mass is 436 g/mol. The molecule has 5 aliphatic rings. The molecule has 170 valence electrons. The predicted octanol–water partition coefficient (Wildman–Crippen LogP) is 3.86. The summed E-state index contributed by atoms with van der Waals surface area (Å²) in [6.07, 6.45) is 10.9. The number of aromatic amines is 1. The van der Waals surface area contributed by atoms with Gasteiger partial charge < -0.3 is 14.6 Å². The molecule has 0 spiro atoms. The quantitative estimate of drug-likeness (QED) is 0.745. The molecule has 32 heavy (non-hydrogen) atoms. The summed E-state index contributed by atoms with van der Waals surface area (Å²) < 4.78 is 5.25. The Morgan fingerprint density at radius 3 is 2.44 bits per heavy atom. The minimum Gasteiger partial charge on any atom is -0.467 e. The molecule has 5 fully saturated rings. The molecule has 7 nitrogen and oxygen atoms in total. The van der Waals surface area contributed by atoms with Crippen molar-refractivity contribution < 1.29 is 14.0 Å². The summed E-state index contributed by atoms with van der Waals surface area (Å²) in [5.74, 6) is 3.65. The number of carbonyl (C=O) groups excluding carboxylic acids is 2. The number of piperidine rings is 1. The highest BCUT2D eigenvalue weighted by Gasteiger charge is 2.55. The largest absolute Gasteiger partial charge is 0.467 e. The van der Waals surface area contributed by atoms with Gasteiger partial charge >= 0.3 is 0 Å². The summed E-state index contributed by atoms with van der Waals surface area (Å²) in [6, 6.07) is 5.49. The van der Waals surface area contributed by atoms with Gasteiger partial charge in [0.1, 0.15) is 11.5 Å². The zero-order chi connectivity index (χ0) is 21.7. The number of nitrogens with one attached hydrogen (secondary N) is 2. The molecule has 0 aromatic carbocycles. The fraction of sp³-hybridized carbons (Fsp3) is 0.640. The number of rotatable bonds is 5. The van der Waals surface area contributed by atoms with Crippen LogP contribution >= 0.6 is 0 Å². The third-order valence-corrected chi connectivity index (χ3v) is 8.55. The van der Waals surface area contributed by atoms with Crippen LogP contribution in [0.4, 0.5) is 0 Å². The maximum Gasteiger partial charge on any atom is 0.272 e. The van der Waals surface area contributed by atoms with Gasteiger partial charge in [0.25, 0.3) is 5.91 Å². The van der Waals surface area contributed by atoms with Gasteiger partial charge in [-0.25, -0.2) is 0 Å². The Balaban J connectivity index is 1.05. The van der Waals surface area contributed by atoms with Crippen LogP contribution in [-0.4, -0.2) is 40.0 Å². The van der Waals surface area contributed by atoms with E-state index < -0.39 is 0 Å². The Labute approximate surface area is 188 Å². The molecule has 0 unspecified atom stereocenters. The van der Waals surface area contributed by atoms with E-state index in [2.05, 4.69) is 20.4 Å². The first kappa shape index (κ1) is 20.1. The molecule has 7 heteroatoms. The summed E-state index contributed by atoms with van der Waals surface area (Å²) >= 11 is 0. The van der Waals surface area contributed by atoms with Crippen molar-refractivity contribution in [2.75, 3.05) is 13.1 Å². The number of likely N-dealkylation sites (tertiary alicyclic amines) is 1. The maximum absolute atomic E-state index is 13.6. The average molecular weight is 437 g/mol. The third kappa shape index (κ3) is 3.55. The number of nitrogens with zero attached hydrogens (tertiary/aromatic N) is 2. The van der Waals surface area contributed by atoms with Crippen LogP contribution in [0.3, 0.4) is 0 Å². The van der Waals surface area contributed by atoms with Crippen molar-refractivity contribution in [3.8, 4) is 0 Å². The van der Waals surface area contributed by atoms with Crippen LogP contribution in [-0.2, 0) is 11.3 Å². The van der Waals surface area contributed by atoms with Crippen LogP contribution < -0.4 is 5.32 Å². The lowest BCUT2D eigenvalue weighted by Gasteiger charge is -2.57. The van der Waals surface area contributed by atoms with Gasteiger partial charge in [0.15, 0.2) is 0 Å². The van der Waals surface area contributed by atoms with Crippen molar-refractivity contribution in [2.45, 2.75) is 63.8 Å². The molecular weight excluding hydrogens is 404 g/mol. The molecular formula is C25H32N4O3. The van der Waals surface area contributed by atoms with E-state index in [4.69, 9.17) is 4.42 Å². The minimum absolute atomic E-state index is 0.0468. The Hall–Kier alpha value is -2.57. The fourth-order valence-electron chi connectivity index (χ4n) is 7.43. The summed E-state index contributed by atoms with van der Waals surface area (Å²) in [4.78, 5) is 28.1. The van der Waals surface area contributed by atoms with Crippen molar-refractivity contribution in [2.24, 2.45) is 23.2 Å². The number of furan rings is 1. The molecule has 1 aliphatic heterocycles. The van der Waals surface area contributed by atoms with Crippen molar-refractivity contribution in [1.82, 2.24) is 20.4 Å². The molecule has 4 bridgehead atoms. The highest BCUT2D eigenvalue weighted by molar-refractivity contribution is 5.92. The second-order valence-corrected chi connectivity index (χ2v) is 10.7. The lowest BCUT2D eigenvalue weighted by molar-refractivity contribution is -0.158. The van der Waals surface area contributed by atoms with Gasteiger partial charge in [0, 0.05) is 24.7 Å². The van der Waals surface area contributed by atoms with E-state index in [0.29, 0.717) is 29.8 Å². The van der Waals surface area contributed by atoms with E-state index in [0.717, 1.165) is 68.6 Å². The van der Waals surface area contributed by atoms with E-state index >= 15 is 0 Å². The molecule has 2 N–H and O–H groups in total. The standard InChI is InChI=1S/C25H32N4O3/c30-23(26-15-20-2-1-7-32-20)22-11-21(27-28-22)19-3-5-29(6-4-19)24(31)25-12-16-8-17(13-25)10-18(9-16)14-25/h1-2,7,11,16-19H,3-6,8-10,12-15H2,(H,26,30)(H,27,28). The second kappa shape index (κ2) is 7.78. The summed E-state index contributed by atoms with van der Waals surface area (Å²) in [5, 5.41) is 10.1. The Morgan fingerprint density at radius 1 is 1.12 bits per heavy atom. The van der Waals surface area contributed by atoms with Crippen LogP contribution in [0.2, 0.25) is 0 Å². The first-order chi connectivity index (χ1) is 15.6. The molecule has 2 aromatic rings. The minimum atomic E-state index is -0.210. The number of hydrogen-bond donors (Lipinski definition) is 2. The first-order valence-corrected chi connectivity index (χ1v) is 12.2. The Kier molecular flexibility index (Phi) is 4.88. The van der Waals surface area contributed by atoms with Gasteiger partial charge in [-0.2, -0.15) is 5.10 Å². The summed E-state index contributed by atoms with van der Waals surface area (Å²) in [5.41, 5.74) is 1.35. The van der Waals surface area contributed by atoms with Crippen molar-refractivity contribution in [3.63, 3.8) is 0 Å². The van der Waals surface area contributed by atoms with Crippen LogP contribution in [0.5, 0.6) is 0 Å². The molecule has 0 atom stereocenters. The average Bonchev–Trinajstić information content (AvgIpc) is 3.49. The third-order valence-electron chi connectivity index (χ3n) is 8.55. The molecule has 1 saturated heterocycles. The number of carbonyl (C=O) groups is 2. The van der Waals surface area contributed by atoms with E-state index in [1.807, 2.05) is 12.1 Å². The van der Waals surface area contributed by atoms with Crippen LogP contribution in [0.1, 0.15) is 79.2 Å². The molecule has 2 aromatic heterocycles. The topological polar surface area (TPSA) is 91.2 Å². The normalized spacial score (nSPS) is 31.8. The van der Waals surface area contributed by atoms with Crippen LogP contribution in [0.15, 0.2) is 28.9 Å². The molecule has 7 rings (SSSR count). The van der Waals surface area contributed by atoms with Gasteiger partial charge in [0.2, 0.25) is 5.91 Å². The van der Waals surface area contributed by atoms with Crippen molar-refractivity contribution >= 4 is 11.8 Å². The Bertz CT molecular complexity index is 951. The number of amides is 2.